The van der Waals surface area contributed by atoms with E-state index in [2.05, 4.69) is 10.6 Å². The summed E-state index contributed by atoms with van der Waals surface area (Å²) in [6.07, 6.45) is 2.61. The van der Waals surface area contributed by atoms with Gasteiger partial charge in [0.05, 0.1) is 0 Å². The molecular weight excluding hydrogens is 344 g/mol. The van der Waals surface area contributed by atoms with E-state index >= 15 is 0 Å². The molecule has 2 N–H and O–H groups in total. The Labute approximate surface area is 159 Å². The summed E-state index contributed by atoms with van der Waals surface area (Å²) >= 11 is 0. The molecule has 27 heavy (non-hydrogen) atoms. The fraction of sp³-hybridized carbons (Fsp3) is 0.333. The van der Waals surface area contributed by atoms with Gasteiger partial charge in [0, 0.05) is 24.6 Å². The lowest BCUT2D eigenvalue weighted by molar-refractivity contribution is -0.121. The molecule has 2 rings (SSSR count). The van der Waals surface area contributed by atoms with Crippen molar-refractivity contribution in [2.75, 3.05) is 37.1 Å². The molecule has 0 aliphatic rings. The molecule has 0 aliphatic heterocycles. The van der Waals surface area contributed by atoms with Gasteiger partial charge in [-0.2, -0.15) is 0 Å². The van der Waals surface area contributed by atoms with Crippen LogP contribution in [0.1, 0.15) is 19.3 Å². The Morgan fingerprint density at radius 1 is 0.630 bits per heavy atom. The molecule has 2 amide bonds. The summed E-state index contributed by atoms with van der Waals surface area (Å²) in [5.41, 5.74) is 1.53. The second-order valence-corrected chi connectivity index (χ2v) is 5.99. The molecule has 2 aromatic carbocycles. The molecule has 2 aromatic rings. The smallest absolute Gasteiger partial charge is 0.250 e. The van der Waals surface area contributed by atoms with E-state index in [1.165, 1.54) is 0 Å². The zero-order chi connectivity index (χ0) is 19.2. The van der Waals surface area contributed by atoms with Crippen molar-refractivity contribution in [1.82, 2.24) is 0 Å². The van der Waals surface area contributed by atoms with Crippen molar-refractivity contribution >= 4 is 23.2 Å². The molecule has 0 spiro atoms. The van der Waals surface area contributed by atoms with Gasteiger partial charge in [-0.15, -0.1) is 0 Å². The summed E-state index contributed by atoms with van der Waals surface area (Å²) in [6.45, 7) is 1.14. The Hall–Kier alpha value is -2.70. The van der Waals surface area contributed by atoms with E-state index in [0.29, 0.717) is 13.2 Å². The molecule has 0 unspecified atom stereocenters. The number of nitrogens with one attached hydrogen (secondary N) is 2. The summed E-state index contributed by atoms with van der Waals surface area (Å²) < 4.78 is 10.7. The van der Waals surface area contributed by atoms with Crippen LogP contribution in [0, 0.1) is 0 Å². The molecule has 0 heterocycles. The average Bonchev–Trinajstić information content (AvgIpc) is 2.68. The number of rotatable bonds is 12. The Balaban J connectivity index is 1.40. The zero-order valence-electron chi connectivity index (χ0n) is 15.4. The van der Waals surface area contributed by atoms with Crippen molar-refractivity contribution in [2.45, 2.75) is 19.3 Å². The highest BCUT2D eigenvalue weighted by Crippen LogP contribution is 2.05. The van der Waals surface area contributed by atoms with E-state index in [9.17, 15) is 9.59 Å². The number of amides is 2. The highest BCUT2D eigenvalue weighted by molar-refractivity contribution is 5.92. The number of unbranched alkanes of at least 4 members (excludes halogenated alkanes) is 2. The summed E-state index contributed by atoms with van der Waals surface area (Å²) in [6, 6.07) is 18.6. The molecule has 0 aliphatic carbocycles. The van der Waals surface area contributed by atoms with Gasteiger partial charge in [0.15, 0.2) is 0 Å². The first-order valence-electron chi connectivity index (χ1n) is 9.09. The number of carbonyl (C=O) groups excluding carboxylic acids is 2. The SMILES string of the molecule is O=C(COCCCCCOCC(=O)Nc1ccccc1)Nc1ccccc1. The van der Waals surface area contributed by atoms with E-state index in [-0.39, 0.29) is 25.0 Å². The normalized spacial score (nSPS) is 10.4. The van der Waals surface area contributed by atoms with Crippen LogP contribution in [-0.4, -0.2) is 38.2 Å². The van der Waals surface area contributed by atoms with E-state index in [1.807, 2.05) is 60.7 Å². The number of carbonyl (C=O) groups is 2. The van der Waals surface area contributed by atoms with Gasteiger partial charge in [-0.05, 0) is 43.5 Å². The van der Waals surface area contributed by atoms with Gasteiger partial charge in [0.25, 0.3) is 0 Å². The molecule has 0 aromatic heterocycles. The summed E-state index contributed by atoms with van der Waals surface area (Å²) in [7, 11) is 0. The van der Waals surface area contributed by atoms with Crippen molar-refractivity contribution in [2.24, 2.45) is 0 Å². The fourth-order valence-electron chi connectivity index (χ4n) is 2.35. The molecule has 6 nitrogen and oxygen atoms in total. The maximum Gasteiger partial charge on any atom is 0.250 e. The minimum atomic E-state index is -0.158. The topological polar surface area (TPSA) is 76.7 Å². The third-order valence-electron chi connectivity index (χ3n) is 3.66. The van der Waals surface area contributed by atoms with Crippen LogP contribution in [0.2, 0.25) is 0 Å². The third-order valence-corrected chi connectivity index (χ3v) is 3.66. The minimum Gasteiger partial charge on any atom is -0.372 e. The van der Waals surface area contributed by atoms with Gasteiger partial charge in [-0.25, -0.2) is 0 Å². The molecule has 0 saturated carbocycles. The summed E-state index contributed by atoms with van der Waals surface area (Å²) in [5, 5.41) is 5.53. The number of para-hydroxylation sites is 2. The lowest BCUT2D eigenvalue weighted by atomic mass is 10.2. The predicted molar refractivity (Wildman–Crippen MR) is 106 cm³/mol. The lowest BCUT2D eigenvalue weighted by Crippen LogP contribution is -2.19. The van der Waals surface area contributed by atoms with Crippen LogP contribution in [0.5, 0.6) is 0 Å². The van der Waals surface area contributed by atoms with Crippen LogP contribution in [-0.2, 0) is 19.1 Å². The largest absolute Gasteiger partial charge is 0.372 e. The van der Waals surface area contributed by atoms with Gasteiger partial charge in [-0.3, -0.25) is 9.59 Å². The van der Waals surface area contributed by atoms with Crippen molar-refractivity contribution < 1.29 is 19.1 Å². The van der Waals surface area contributed by atoms with Gasteiger partial charge in [0.1, 0.15) is 13.2 Å². The van der Waals surface area contributed by atoms with Crippen LogP contribution in [0.3, 0.4) is 0 Å². The highest BCUT2D eigenvalue weighted by Gasteiger charge is 2.03. The highest BCUT2D eigenvalue weighted by atomic mass is 16.5. The van der Waals surface area contributed by atoms with Crippen molar-refractivity contribution in [3.8, 4) is 0 Å². The Kier molecular flexibility index (Phi) is 9.63. The number of hydrogen-bond acceptors (Lipinski definition) is 4. The molecule has 0 fully saturated rings. The second-order valence-electron chi connectivity index (χ2n) is 5.99. The Morgan fingerprint density at radius 3 is 1.44 bits per heavy atom. The zero-order valence-corrected chi connectivity index (χ0v) is 15.4. The average molecular weight is 370 g/mol. The quantitative estimate of drug-likeness (QED) is 0.561. The number of anilines is 2. The van der Waals surface area contributed by atoms with Crippen LogP contribution in [0.15, 0.2) is 60.7 Å². The first kappa shape index (κ1) is 20.6. The van der Waals surface area contributed by atoms with Crippen LogP contribution in [0.25, 0.3) is 0 Å². The van der Waals surface area contributed by atoms with Crippen molar-refractivity contribution in [3.63, 3.8) is 0 Å². The lowest BCUT2D eigenvalue weighted by Gasteiger charge is -2.07. The number of ether oxygens (including phenoxy) is 2. The Bertz CT molecular complexity index is 618. The van der Waals surface area contributed by atoms with Gasteiger partial charge in [-0.1, -0.05) is 36.4 Å². The van der Waals surface area contributed by atoms with Crippen molar-refractivity contribution in [1.29, 1.82) is 0 Å². The Morgan fingerprint density at radius 2 is 1.04 bits per heavy atom. The van der Waals surface area contributed by atoms with E-state index in [0.717, 1.165) is 30.6 Å². The van der Waals surface area contributed by atoms with E-state index in [1.54, 1.807) is 0 Å². The van der Waals surface area contributed by atoms with Gasteiger partial charge < -0.3 is 20.1 Å². The van der Waals surface area contributed by atoms with E-state index in [4.69, 9.17) is 9.47 Å². The maximum absolute atomic E-state index is 11.7. The molecular formula is C21H26N2O4. The van der Waals surface area contributed by atoms with Crippen LogP contribution in [0.4, 0.5) is 11.4 Å². The standard InChI is InChI=1S/C21H26N2O4/c24-20(22-18-10-4-1-5-11-18)16-26-14-8-3-9-15-27-17-21(25)23-19-12-6-2-7-13-19/h1-2,4-7,10-13H,3,8-9,14-17H2,(H,22,24)(H,23,25). The van der Waals surface area contributed by atoms with Crippen molar-refractivity contribution in [3.05, 3.63) is 60.7 Å². The number of benzene rings is 2. The molecule has 144 valence electrons. The molecule has 0 radical (unpaired) electrons. The van der Waals surface area contributed by atoms with E-state index < -0.39 is 0 Å². The van der Waals surface area contributed by atoms with Crippen LogP contribution >= 0.6 is 0 Å². The molecule has 6 heteroatoms. The van der Waals surface area contributed by atoms with Gasteiger partial charge >= 0.3 is 0 Å². The molecule has 0 saturated heterocycles. The maximum atomic E-state index is 11.7. The predicted octanol–water partition coefficient (Wildman–Crippen LogP) is 3.47. The number of hydrogen-bond donors (Lipinski definition) is 2. The molecule has 0 atom stereocenters. The fourth-order valence-corrected chi connectivity index (χ4v) is 2.35. The summed E-state index contributed by atoms with van der Waals surface area (Å²) in [5.74, 6) is -0.317. The third kappa shape index (κ3) is 9.53. The van der Waals surface area contributed by atoms with Crippen LogP contribution < -0.4 is 10.6 Å². The first-order valence-corrected chi connectivity index (χ1v) is 9.09. The minimum absolute atomic E-state index is 0.0467. The first-order chi connectivity index (χ1) is 13.2. The monoisotopic (exact) mass is 370 g/mol. The summed E-state index contributed by atoms with van der Waals surface area (Å²) in [4.78, 5) is 23.4. The molecule has 0 bridgehead atoms. The second kappa shape index (κ2) is 12.6. The van der Waals surface area contributed by atoms with Gasteiger partial charge in [0.2, 0.25) is 11.8 Å².